The molecule has 0 radical (unpaired) electrons. The average molecular weight is 318 g/mol. The molecule has 0 bridgehead atoms. The predicted octanol–water partition coefficient (Wildman–Crippen LogP) is 1.02. The maximum atomic E-state index is 11.9. The second kappa shape index (κ2) is 6.85. The van der Waals surface area contributed by atoms with Crippen molar-refractivity contribution in [1.29, 1.82) is 0 Å². The highest BCUT2D eigenvalue weighted by Gasteiger charge is 2.20. The molecule has 1 unspecified atom stereocenters. The molecule has 1 atom stereocenters. The molecule has 1 rings (SSSR count). The Labute approximate surface area is 122 Å². The molecule has 6 nitrogen and oxygen atoms in total. The first kappa shape index (κ1) is 16.6. The molecule has 0 spiro atoms. The van der Waals surface area contributed by atoms with Gasteiger partial charge in [0.2, 0.25) is 5.91 Å². The largest absolute Gasteiger partial charge is 0.347 e. The number of nitrogens with one attached hydrogen (secondary N) is 2. The number of thiophene rings is 1. The predicted molar refractivity (Wildman–Crippen MR) is 76.8 cm³/mol. The van der Waals surface area contributed by atoms with Crippen molar-refractivity contribution in [2.24, 2.45) is 5.92 Å². The van der Waals surface area contributed by atoms with E-state index in [0.717, 1.165) is 16.2 Å². The third-order valence-electron chi connectivity index (χ3n) is 2.71. The van der Waals surface area contributed by atoms with Crippen molar-refractivity contribution in [3.8, 4) is 0 Å². The van der Waals surface area contributed by atoms with E-state index in [1.54, 1.807) is 19.9 Å². The maximum Gasteiger partial charge on any atom is 0.273 e. The van der Waals surface area contributed by atoms with Crippen molar-refractivity contribution in [2.45, 2.75) is 31.4 Å². The molecule has 112 valence electrons. The van der Waals surface area contributed by atoms with Gasteiger partial charge in [-0.05, 0) is 25.5 Å². The summed E-state index contributed by atoms with van der Waals surface area (Å²) >= 11 is 1.08. The Hall–Kier alpha value is -1.41. The Morgan fingerprint density at radius 2 is 2.00 bits per heavy atom. The van der Waals surface area contributed by atoms with Crippen LogP contribution < -0.4 is 10.0 Å². The second-order valence-electron chi connectivity index (χ2n) is 4.42. The smallest absolute Gasteiger partial charge is 0.273 e. The lowest BCUT2D eigenvalue weighted by molar-refractivity contribution is -0.127. The number of hydrogen-bond acceptors (Lipinski definition) is 5. The van der Waals surface area contributed by atoms with Crippen LogP contribution in [0, 0.1) is 12.8 Å². The zero-order chi connectivity index (χ0) is 15.3. The van der Waals surface area contributed by atoms with Gasteiger partial charge in [0.05, 0.1) is 6.54 Å². The number of hydrogen-bond donors (Lipinski definition) is 2. The quantitative estimate of drug-likeness (QED) is 0.819. The first-order valence-corrected chi connectivity index (χ1v) is 8.46. The lowest BCUT2D eigenvalue weighted by atomic mass is 10.1. The lowest BCUT2D eigenvalue weighted by Crippen LogP contribution is -2.41. The minimum atomic E-state index is -3.84. The zero-order valence-corrected chi connectivity index (χ0v) is 13.2. The summed E-state index contributed by atoms with van der Waals surface area (Å²) in [5.41, 5.74) is 0. The molecule has 0 saturated heterocycles. The highest BCUT2D eigenvalue weighted by atomic mass is 32.2. The summed E-state index contributed by atoms with van der Waals surface area (Å²) in [7, 11) is -3.84. The Balaban J connectivity index is 2.56. The third kappa shape index (κ3) is 4.61. The Morgan fingerprint density at radius 3 is 2.50 bits per heavy atom. The molecule has 0 aliphatic heterocycles. The van der Waals surface area contributed by atoms with E-state index in [-0.39, 0.29) is 22.6 Å². The molecular formula is C12H18N2O4S2. The van der Waals surface area contributed by atoms with Crippen LogP contribution in [0.15, 0.2) is 16.3 Å². The van der Waals surface area contributed by atoms with Crippen LogP contribution in [-0.4, -0.2) is 26.8 Å². The summed E-state index contributed by atoms with van der Waals surface area (Å²) in [5.74, 6) is -1.24. The molecule has 2 amide bonds. The van der Waals surface area contributed by atoms with Crippen molar-refractivity contribution >= 4 is 33.2 Å². The van der Waals surface area contributed by atoms with Crippen molar-refractivity contribution < 1.29 is 18.0 Å². The number of sulfonamides is 1. The van der Waals surface area contributed by atoms with Gasteiger partial charge >= 0.3 is 0 Å². The van der Waals surface area contributed by atoms with Gasteiger partial charge in [-0.15, -0.1) is 11.3 Å². The summed E-state index contributed by atoms with van der Waals surface area (Å²) in [6.45, 7) is 5.01. The number of amides is 2. The van der Waals surface area contributed by atoms with Gasteiger partial charge in [0.15, 0.2) is 0 Å². The maximum absolute atomic E-state index is 11.9. The topological polar surface area (TPSA) is 92.3 Å². The summed E-state index contributed by atoms with van der Waals surface area (Å²) in [6, 6.07) is 3.10. The Bertz CT molecular complexity index is 592. The molecule has 20 heavy (non-hydrogen) atoms. The molecule has 1 aromatic rings. The third-order valence-corrected chi connectivity index (χ3v) is 5.58. The minimum absolute atomic E-state index is 0.0802. The highest BCUT2D eigenvalue weighted by molar-refractivity contribution is 7.92. The van der Waals surface area contributed by atoms with Gasteiger partial charge in [0.25, 0.3) is 15.9 Å². The number of carbonyl (C=O) groups is 2. The Morgan fingerprint density at radius 1 is 1.35 bits per heavy atom. The second-order valence-corrected chi connectivity index (χ2v) is 7.62. The van der Waals surface area contributed by atoms with E-state index in [4.69, 9.17) is 0 Å². The fourth-order valence-corrected chi connectivity index (χ4v) is 3.59. The molecule has 8 heteroatoms. The van der Waals surface area contributed by atoms with Crippen LogP contribution in [0.1, 0.15) is 25.1 Å². The summed E-state index contributed by atoms with van der Waals surface area (Å²) in [6.07, 6.45) is 0.653. The van der Waals surface area contributed by atoms with Crippen molar-refractivity contribution in [1.82, 2.24) is 10.0 Å². The lowest BCUT2D eigenvalue weighted by Gasteiger charge is -2.10. The molecule has 1 aromatic heterocycles. The van der Waals surface area contributed by atoms with E-state index in [1.807, 2.05) is 11.6 Å². The molecular weight excluding hydrogens is 300 g/mol. The van der Waals surface area contributed by atoms with Crippen LogP contribution in [0.2, 0.25) is 0 Å². The number of rotatable bonds is 6. The van der Waals surface area contributed by atoms with E-state index >= 15 is 0 Å². The van der Waals surface area contributed by atoms with Gasteiger partial charge in [0.1, 0.15) is 4.21 Å². The van der Waals surface area contributed by atoms with E-state index in [1.165, 1.54) is 6.07 Å². The van der Waals surface area contributed by atoms with Crippen LogP contribution in [0.3, 0.4) is 0 Å². The fourth-order valence-electron chi connectivity index (χ4n) is 1.32. The minimum Gasteiger partial charge on any atom is -0.347 e. The van der Waals surface area contributed by atoms with Crippen LogP contribution in [0.25, 0.3) is 0 Å². The standard InChI is InChI=1S/C12H18N2O4S2/c1-4-8(2)12(16)13-7-10(15)14-20(17,18)11-6-5-9(3)19-11/h5-6,8H,4,7H2,1-3H3,(H,13,16)(H,14,15). The van der Waals surface area contributed by atoms with Crippen LogP contribution in [0.5, 0.6) is 0 Å². The number of carbonyl (C=O) groups excluding carboxylic acids is 2. The first-order chi connectivity index (χ1) is 9.26. The van der Waals surface area contributed by atoms with Gasteiger partial charge < -0.3 is 5.32 Å². The number of aryl methyl sites for hydroxylation is 1. The van der Waals surface area contributed by atoms with E-state index < -0.39 is 15.9 Å². The van der Waals surface area contributed by atoms with Crippen LogP contribution in [-0.2, 0) is 19.6 Å². The van der Waals surface area contributed by atoms with Gasteiger partial charge in [-0.2, -0.15) is 0 Å². The van der Waals surface area contributed by atoms with E-state index in [0.29, 0.717) is 6.42 Å². The molecule has 0 aliphatic carbocycles. The molecule has 0 aliphatic rings. The Kier molecular flexibility index (Phi) is 5.70. The van der Waals surface area contributed by atoms with Gasteiger partial charge in [-0.1, -0.05) is 13.8 Å². The molecule has 0 fully saturated rings. The normalized spacial score (nSPS) is 12.8. The average Bonchev–Trinajstić information content (AvgIpc) is 2.82. The van der Waals surface area contributed by atoms with Crippen molar-refractivity contribution in [2.75, 3.05) is 6.54 Å². The molecule has 1 heterocycles. The summed E-state index contributed by atoms with van der Waals surface area (Å²) in [4.78, 5) is 23.9. The van der Waals surface area contributed by atoms with Crippen LogP contribution in [0.4, 0.5) is 0 Å². The van der Waals surface area contributed by atoms with Gasteiger partial charge in [0, 0.05) is 10.8 Å². The van der Waals surface area contributed by atoms with Gasteiger partial charge in [-0.25, -0.2) is 13.1 Å². The monoisotopic (exact) mass is 318 g/mol. The SMILES string of the molecule is CCC(C)C(=O)NCC(=O)NS(=O)(=O)c1ccc(C)s1. The van der Waals surface area contributed by atoms with E-state index in [9.17, 15) is 18.0 Å². The first-order valence-electron chi connectivity index (χ1n) is 6.16. The molecule has 0 saturated carbocycles. The highest BCUT2D eigenvalue weighted by Crippen LogP contribution is 2.20. The van der Waals surface area contributed by atoms with Crippen molar-refractivity contribution in [3.63, 3.8) is 0 Å². The molecule has 2 N–H and O–H groups in total. The molecule has 0 aromatic carbocycles. The van der Waals surface area contributed by atoms with E-state index in [2.05, 4.69) is 5.32 Å². The van der Waals surface area contributed by atoms with Crippen molar-refractivity contribution in [3.05, 3.63) is 17.0 Å². The van der Waals surface area contributed by atoms with Crippen LogP contribution >= 0.6 is 11.3 Å². The van der Waals surface area contributed by atoms with Gasteiger partial charge in [-0.3, -0.25) is 9.59 Å². The summed E-state index contributed by atoms with van der Waals surface area (Å²) in [5, 5.41) is 2.40. The summed E-state index contributed by atoms with van der Waals surface area (Å²) < 4.78 is 25.7. The fraction of sp³-hybridized carbons (Fsp3) is 0.500. The zero-order valence-electron chi connectivity index (χ0n) is 11.6.